The van der Waals surface area contributed by atoms with E-state index in [2.05, 4.69) is 47.4 Å². The minimum Gasteiger partial charge on any atom is -0.351 e. The largest absolute Gasteiger partial charge is 0.351 e. The van der Waals surface area contributed by atoms with Crippen molar-refractivity contribution in [3.05, 3.63) is 23.9 Å². The molecule has 5 heteroatoms. The minimum absolute atomic E-state index is 0.285. The molecule has 0 radical (unpaired) electrons. The molecule has 1 N–H and O–H groups in total. The topological polar surface area (TPSA) is 45.5 Å². The monoisotopic (exact) mass is 259 g/mol. The van der Waals surface area contributed by atoms with Crippen LogP contribution >= 0.6 is 0 Å². The van der Waals surface area contributed by atoms with Crippen LogP contribution in [0.5, 0.6) is 0 Å². The van der Waals surface area contributed by atoms with Crippen LogP contribution in [0.3, 0.4) is 0 Å². The molecule has 0 aliphatic heterocycles. The van der Waals surface area contributed by atoms with E-state index < -0.39 is 0 Å². The molecule has 0 amide bonds. The fraction of sp³-hybridized carbons (Fsp3) is 0.571. The van der Waals surface area contributed by atoms with Crippen LogP contribution < -0.4 is 5.32 Å². The molecule has 0 atom stereocenters. The van der Waals surface area contributed by atoms with Gasteiger partial charge in [-0.05, 0) is 51.9 Å². The van der Waals surface area contributed by atoms with Crippen molar-refractivity contribution < 1.29 is 0 Å². The molecule has 19 heavy (non-hydrogen) atoms. The Labute approximate surface area is 113 Å². The van der Waals surface area contributed by atoms with Gasteiger partial charge in [0.25, 0.3) is 0 Å². The first-order valence-electron chi connectivity index (χ1n) is 6.83. The first-order chi connectivity index (χ1) is 9.09. The van der Waals surface area contributed by atoms with E-state index in [0.717, 1.165) is 18.1 Å². The lowest BCUT2D eigenvalue weighted by Gasteiger charge is -2.47. The Balaban J connectivity index is 1.75. The molecule has 1 fully saturated rings. The molecule has 2 aromatic heterocycles. The van der Waals surface area contributed by atoms with Gasteiger partial charge in [-0.1, -0.05) is 6.07 Å². The van der Waals surface area contributed by atoms with Gasteiger partial charge in [-0.2, -0.15) is 4.98 Å². The third-order valence-corrected chi connectivity index (χ3v) is 4.29. The number of hydrogen-bond donors (Lipinski definition) is 1. The second-order valence-corrected chi connectivity index (χ2v) is 5.77. The average molecular weight is 259 g/mol. The third kappa shape index (κ3) is 2.18. The van der Waals surface area contributed by atoms with E-state index in [1.54, 1.807) is 0 Å². The zero-order valence-electron chi connectivity index (χ0n) is 11.8. The summed E-state index contributed by atoms with van der Waals surface area (Å²) in [6.07, 6.45) is 5.81. The Kier molecular flexibility index (Phi) is 2.93. The zero-order valence-corrected chi connectivity index (χ0v) is 11.8. The van der Waals surface area contributed by atoms with Crippen molar-refractivity contribution in [1.82, 2.24) is 19.5 Å². The molecule has 2 heterocycles. The normalized spacial score (nSPS) is 17.7. The van der Waals surface area contributed by atoms with Gasteiger partial charge in [-0.15, -0.1) is 5.10 Å². The lowest BCUT2D eigenvalue weighted by molar-refractivity contribution is 0.0737. The van der Waals surface area contributed by atoms with Crippen molar-refractivity contribution in [2.24, 2.45) is 0 Å². The fourth-order valence-corrected chi connectivity index (χ4v) is 2.67. The summed E-state index contributed by atoms with van der Waals surface area (Å²) in [4.78, 5) is 6.82. The minimum atomic E-state index is 0.285. The van der Waals surface area contributed by atoms with E-state index in [0.29, 0.717) is 0 Å². The summed E-state index contributed by atoms with van der Waals surface area (Å²) in [7, 11) is 4.31. The van der Waals surface area contributed by atoms with E-state index >= 15 is 0 Å². The number of nitrogens with one attached hydrogen (secondary N) is 1. The number of rotatable bonds is 4. The Hall–Kier alpha value is -1.62. The maximum atomic E-state index is 4.50. The standard InChI is InChI=1S/C14H21N5/c1-11-5-6-12-16-13(17-19(12)9-11)15-10-14(18(2)3)7-4-8-14/h5-6,9H,4,7-8,10H2,1-3H3,(H,15,17). The molecule has 0 aromatic carbocycles. The molecule has 1 aliphatic carbocycles. The van der Waals surface area contributed by atoms with Crippen molar-refractivity contribution >= 4 is 11.6 Å². The maximum absolute atomic E-state index is 4.50. The zero-order chi connectivity index (χ0) is 13.5. The number of fused-ring (bicyclic) bond motifs is 1. The SMILES string of the molecule is Cc1ccc2nc(NCC3(N(C)C)CCC3)nn2c1. The Morgan fingerprint density at radius 2 is 2.16 bits per heavy atom. The number of pyridine rings is 1. The van der Waals surface area contributed by atoms with Crippen LogP contribution in [0.2, 0.25) is 0 Å². The molecule has 0 unspecified atom stereocenters. The van der Waals surface area contributed by atoms with Crippen molar-refractivity contribution in [2.45, 2.75) is 31.7 Å². The number of hydrogen-bond acceptors (Lipinski definition) is 4. The highest BCUT2D eigenvalue weighted by Gasteiger charge is 2.38. The Morgan fingerprint density at radius 3 is 2.79 bits per heavy atom. The van der Waals surface area contributed by atoms with Crippen molar-refractivity contribution in [1.29, 1.82) is 0 Å². The first-order valence-corrected chi connectivity index (χ1v) is 6.83. The molecule has 0 saturated heterocycles. The van der Waals surface area contributed by atoms with Gasteiger partial charge in [0.15, 0.2) is 5.65 Å². The van der Waals surface area contributed by atoms with E-state index in [-0.39, 0.29) is 5.54 Å². The van der Waals surface area contributed by atoms with Gasteiger partial charge in [0.2, 0.25) is 5.95 Å². The molecule has 1 saturated carbocycles. The molecule has 5 nitrogen and oxygen atoms in total. The average Bonchev–Trinajstić information content (AvgIpc) is 2.68. The maximum Gasteiger partial charge on any atom is 0.243 e. The van der Waals surface area contributed by atoms with Crippen LogP contribution in [0.4, 0.5) is 5.95 Å². The molecule has 0 bridgehead atoms. The van der Waals surface area contributed by atoms with Crippen LogP contribution in [0.25, 0.3) is 5.65 Å². The van der Waals surface area contributed by atoms with Gasteiger partial charge < -0.3 is 10.2 Å². The summed E-state index contributed by atoms with van der Waals surface area (Å²) in [6.45, 7) is 2.97. The molecule has 2 aromatic rings. The quantitative estimate of drug-likeness (QED) is 0.911. The molecule has 3 rings (SSSR count). The van der Waals surface area contributed by atoms with Crippen LogP contribution in [0.15, 0.2) is 18.3 Å². The van der Waals surface area contributed by atoms with Crippen LogP contribution in [0.1, 0.15) is 24.8 Å². The summed E-state index contributed by atoms with van der Waals surface area (Å²) >= 11 is 0. The highest BCUT2D eigenvalue weighted by molar-refractivity contribution is 5.44. The van der Waals surface area contributed by atoms with Gasteiger partial charge in [0.05, 0.1) is 0 Å². The van der Waals surface area contributed by atoms with Gasteiger partial charge >= 0.3 is 0 Å². The molecule has 0 spiro atoms. The number of aromatic nitrogens is 3. The van der Waals surface area contributed by atoms with E-state index in [4.69, 9.17) is 0 Å². The smallest absolute Gasteiger partial charge is 0.243 e. The predicted octanol–water partition coefficient (Wildman–Crippen LogP) is 1.93. The van der Waals surface area contributed by atoms with Crippen molar-refractivity contribution in [3.63, 3.8) is 0 Å². The predicted molar refractivity (Wildman–Crippen MR) is 76.5 cm³/mol. The molecular weight excluding hydrogens is 238 g/mol. The van der Waals surface area contributed by atoms with Crippen molar-refractivity contribution in [3.8, 4) is 0 Å². The number of nitrogens with zero attached hydrogens (tertiary/aromatic N) is 4. The summed E-state index contributed by atoms with van der Waals surface area (Å²) < 4.78 is 1.83. The summed E-state index contributed by atoms with van der Waals surface area (Å²) in [5.41, 5.74) is 2.36. The third-order valence-electron chi connectivity index (χ3n) is 4.29. The highest BCUT2D eigenvalue weighted by Crippen LogP contribution is 2.36. The lowest BCUT2D eigenvalue weighted by Crippen LogP contribution is -2.54. The van der Waals surface area contributed by atoms with E-state index in [9.17, 15) is 0 Å². The molecular formula is C14H21N5. The Morgan fingerprint density at radius 1 is 1.37 bits per heavy atom. The summed E-state index contributed by atoms with van der Waals surface area (Å²) in [5, 5.41) is 7.86. The van der Waals surface area contributed by atoms with Gasteiger partial charge in [0, 0.05) is 18.3 Å². The van der Waals surface area contributed by atoms with Gasteiger partial charge in [0.1, 0.15) is 0 Å². The van der Waals surface area contributed by atoms with Crippen LogP contribution in [-0.2, 0) is 0 Å². The second-order valence-electron chi connectivity index (χ2n) is 5.77. The van der Waals surface area contributed by atoms with Gasteiger partial charge in [-0.25, -0.2) is 4.52 Å². The van der Waals surface area contributed by atoms with E-state index in [1.807, 2.05) is 16.8 Å². The van der Waals surface area contributed by atoms with Crippen LogP contribution in [0, 0.1) is 6.92 Å². The van der Waals surface area contributed by atoms with Gasteiger partial charge in [-0.3, -0.25) is 0 Å². The number of aryl methyl sites for hydroxylation is 1. The van der Waals surface area contributed by atoms with Crippen LogP contribution in [-0.4, -0.2) is 45.7 Å². The fourth-order valence-electron chi connectivity index (χ4n) is 2.67. The lowest BCUT2D eigenvalue weighted by atomic mass is 9.75. The number of likely N-dealkylation sites (N-methyl/N-ethyl adjacent to an activating group) is 1. The molecule has 102 valence electrons. The second kappa shape index (κ2) is 4.49. The van der Waals surface area contributed by atoms with E-state index in [1.165, 1.54) is 24.8 Å². The summed E-state index contributed by atoms with van der Waals surface area (Å²) in [5.74, 6) is 0.721. The number of anilines is 1. The molecule has 1 aliphatic rings. The Bertz CT molecular complexity index is 583. The summed E-state index contributed by atoms with van der Waals surface area (Å²) in [6, 6.07) is 4.06. The van der Waals surface area contributed by atoms with Crippen molar-refractivity contribution in [2.75, 3.05) is 26.0 Å². The highest BCUT2D eigenvalue weighted by atomic mass is 15.3. The first kappa shape index (κ1) is 12.4.